The number of nitrogens with one attached hydrogen (secondary N) is 2. The first-order valence-corrected chi connectivity index (χ1v) is 6.84. The number of hydrogen-bond donors (Lipinski definition) is 2. The quantitative estimate of drug-likeness (QED) is 0.879. The van der Waals surface area contributed by atoms with Crippen molar-refractivity contribution in [2.75, 3.05) is 18.5 Å². The number of aryl methyl sites for hydroxylation is 2. The normalized spacial score (nSPS) is 13.8. The molecule has 0 aromatic heterocycles. The maximum Gasteiger partial charge on any atom is 0.321 e. The number of imide groups is 1. The Morgan fingerprint density at radius 1 is 1.20 bits per heavy atom. The third-order valence-electron chi connectivity index (χ3n) is 3.19. The van der Waals surface area contributed by atoms with Gasteiger partial charge in [0.2, 0.25) is 5.91 Å². The number of rotatable bonds is 4. The van der Waals surface area contributed by atoms with Gasteiger partial charge in [0.1, 0.15) is 0 Å². The van der Waals surface area contributed by atoms with Crippen LogP contribution in [0.25, 0.3) is 0 Å². The molecule has 2 N–H and O–H groups in total. The summed E-state index contributed by atoms with van der Waals surface area (Å²) in [6.45, 7) is 4.20. The highest BCUT2D eigenvalue weighted by molar-refractivity contribution is 5.96. The Hall–Kier alpha value is -2.04. The van der Waals surface area contributed by atoms with Crippen LogP contribution in [0, 0.1) is 13.8 Å². The molecule has 5 nitrogen and oxygen atoms in total. The van der Waals surface area contributed by atoms with Gasteiger partial charge in [-0.15, -0.1) is 0 Å². The number of amides is 3. The Morgan fingerprint density at radius 2 is 1.80 bits per heavy atom. The van der Waals surface area contributed by atoms with Crippen molar-refractivity contribution in [1.29, 1.82) is 0 Å². The van der Waals surface area contributed by atoms with E-state index < -0.39 is 6.03 Å². The van der Waals surface area contributed by atoms with E-state index in [0.717, 1.165) is 29.7 Å². The molecule has 1 aromatic rings. The Kier molecular flexibility index (Phi) is 4.27. The smallest absolute Gasteiger partial charge is 0.321 e. The molecule has 0 bridgehead atoms. The molecule has 0 heterocycles. The third-order valence-corrected chi connectivity index (χ3v) is 3.19. The molecule has 0 spiro atoms. The van der Waals surface area contributed by atoms with Gasteiger partial charge in [0.05, 0.1) is 6.54 Å². The molecule has 1 aromatic carbocycles. The lowest BCUT2D eigenvalue weighted by Gasteiger charge is -2.19. The second kappa shape index (κ2) is 5.94. The van der Waals surface area contributed by atoms with Crippen molar-refractivity contribution in [2.24, 2.45) is 0 Å². The SMILES string of the molecule is Cc1cc(C)cc(N(C)CC(=O)NC(=O)NC2CC2)c1. The van der Waals surface area contributed by atoms with Crippen LogP contribution in [0.2, 0.25) is 0 Å². The van der Waals surface area contributed by atoms with Gasteiger partial charge in [0.15, 0.2) is 0 Å². The van der Waals surface area contributed by atoms with Crippen LogP contribution in [0.4, 0.5) is 10.5 Å². The molecule has 108 valence electrons. The lowest BCUT2D eigenvalue weighted by Crippen LogP contribution is -2.44. The summed E-state index contributed by atoms with van der Waals surface area (Å²) in [4.78, 5) is 25.1. The summed E-state index contributed by atoms with van der Waals surface area (Å²) in [6.07, 6.45) is 2.01. The minimum atomic E-state index is -0.397. The fourth-order valence-electron chi connectivity index (χ4n) is 2.09. The van der Waals surface area contributed by atoms with E-state index in [2.05, 4.69) is 16.7 Å². The molecule has 1 aliphatic rings. The number of nitrogens with zero attached hydrogens (tertiary/aromatic N) is 1. The van der Waals surface area contributed by atoms with Crippen molar-refractivity contribution in [2.45, 2.75) is 32.7 Å². The monoisotopic (exact) mass is 275 g/mol. The van der Waals surface area contributed by atoms with Crippen LogP contribution in [0.15, 0.2) is 18.2 Å². The zero-order valence-corrected chi connectivity index (χ0v) is 12.2. The number of anilines is 1. The molecule has 2 rings (SSSR count). The van der Waals surface area contributed by atoms with Gasteiger partial charge < -0.3 is 10.2 Å². The van der Waals surface area contributed by atoms with Crippen LogP contribution in [-0.2, 0) is 4.79 Å². The van der Waals surface area contributed by atoms with E-state index >= 15 is 0 Å². The van der Waals surface area contributed by atoms with Crippen LogP contribution < -0.4 is 15.5 Å². The van der Waals surface area contributed by atoms with Gasteiger partial charge >= 0.3 is 6.03 Å². The number of hydrogen-bond acceptors (Lipinski definition) is 3. The fraction of sp³-hybridized carbons (Fsp3) is 0.467. The summed E-state index contributed by atoms with van der Waals surface area (Å²) in [6, 6.07) is 5.97. The summed E-state index contributed by atoms with van der Waals surface area (Å²) in [5.41, 5.74) is 3.28. The van der Waals surface area contributed by atoms with Crippen LogP contribution in [-0.4, -0.2) is 31.6 Å². The number of benzene rings is 1. The molecular formula is C15H21N3O2. The van der Waals surface area contributed by atoms with E-state index in [4.69, 9.17) is 0 Å². The summed E-state index contributed by atoms with van der Waals surface area (Å²) in [5.74, 6) is -0.301. The molecule has 1 fully saturated rings. The highest BCUT2D eigenvalue weighted by Crippen LogP contribution is 2.18. The van der Waals surface area contributed by atoms with E-state index in [0.29, 0.717) is 0 Å². The van der Waals surface area contributed by atoms with Crippen molar-refractivity contribution < 1.29 is 9.59 Å². The van der Waals surface area contributed by atoms with Gasteiger partial charge in [-0.1, -0.05) is 6.07 Å². The molecule has 0 radical (unpaired) electrons. The first kappa shape index (κ1) is 14.4. The van der Waals surface area contributed by atoms with E-state index in [1.54, 1.807) is 0 Å². The number of carbonyl (C=O) groups is 2. The Balaban J connectivity index is 1.87. The van der Waals surface area contributed by atoms with Crippen molar-refractivity contribution in [1.82, 2.24) is 10.6 Å². The van der Waals surface area contributed by atoms with Crippen LogP contribution in [0.5, 0.6) is 0 Å². The van der Waals surface area contributed by atoms with E-state index in [1.807, 2.05) is 37.9 Å². The third kappa shape index (κ3) is 4.26. The zero-order valence-electron chi connectivity index (χ0n) is 12.2. The Morgan fingerprint density at radius 3 is 2.35 bits per heavy atom. The summed E-state index contributed by atoms with van der Waals surface area (Å²) in [5, 5.41) is 5.08. The van der Waals surface area contributed by atoms with Gasteiger partial charge in [-0.25, -0.2) is 4.79 Å². The molecular weight excluding hydrogens is 254 g/mol. The Labute approximate surface area is 119 Å². The second-order valence-corrected chi connectivity index (χ2v) is 5.50. The van der Waals surface area contributed by atoms with Crippen molar-refractivity contribution in [3.05, 3.63) is 29.3 Å². The summed E-state index contributed by atoms with van der Waals surface area (Å²) < 4.78 is 0. The maximum atomic E-state index is 11.8. The first-order chi connectivity index (χ1) is 9.44. The fourth-order valence-corrected chi connectivity index (χ4v) is 2.09. The maximum absolute atomic E-state index is 11.8. The molecule has 0 saturated heterocycles. The van der Waals surface area contributed by atoms with Gasteiger partial charge in [0, 0.05) is 18.8 Å². The topological polar surface area (TPSA) is 61.4 Å². The highest BCUT2D eigenvalue weighted by atomic mass is 16.2. The number of carbonyl (C=O) groups excluding carboxylic acids is 2. The van der Waals surface area contributed by atoms with Gasteiger partial charge in [-0.05, 0) is 49.9 Å². The molecule has 1 aliphatic carbocycles. The Bertz CT molecular complexity index is 504. The standard InChI is InChI=1S/C15H21N3O2/c1-10-6-11(2)8-13(7-10)18(3)9-14(19)17-15(20)16-12-4-5-12/h6-8,12H,4-5,9H2,1-3H3,(H2,16,17,19,20). The van der Waals surface area contributed by atoms with Crippen LogP contribution >= 0.6 is 0 Å². The van der Waals surface area contributed by atoms with Crippen molar-refractivity contribution in [3.8, 4) is 0 Å². The largest absolute Gasteiger partial charge is 0.365 e. The van der Waals surface area contributed by atoms with Gasteiger partial charge in [-0.2, -0.15) is 0 Å². The predicted molar refractivity (Wildman–Crippen MR) is 78.9 cm³/mol. The molecule has 3 amide bonds. The van der Waals surface area contributed by atoms with Gasteiger partial charge in [-0.3, -0.25) is 10.1 Å². The number of likely N-dealkylation sites (N-methyl/N-ethyl adjacent to an activating group) is 1. The highest BCUT2D eigenvalue weighted by Gasteiger charge is 2.24. The lowest BCUT2D eigenvalue weighted by atomic mass is 10.1. The van der Waals surface area contributed by atoms with Gasteiger partial charge in [0.25, 0.3) is 0 Å². The van der Waals surface area contributed by atoms with Crippen molar-refractivity contribution >= 4 is 17.6 Å². The molecule has 0 aliphatic heterocycles. The van der Waals surface area contributed by atoms with E-state index in [-0.39, 0.29) is 18.5 Å². The molecule has 0 unspecified atom stereocenters. The molecule has 0 atom stereocenters. The van der Waals surface area contributed by atoms with E-state index in [9.17, 15) is 9.59 Å². The minimum absolute atomic E-state index is 0.154. The van der Waals surface area contributed by atoms with Crippen molar-refractivity contribution in [3.63, 3.8) is 0 Å². The molecule has 1 saturated carbocycles. The van der Waals surface area contributed by atoms with Crippen LogP contribution in [0.3, 0.4) is 0 Å². The molecule has 5 heteroatoms. The average molecular weight is 275 g/mol. The average Bonchev–Trinajstić information content (AvgIpc) is 3.10. The summed E-state index contributed by atoms with van der Waals surface area (Å²) >= 11 is 0. The first-order valence-electron chi connectivity index (χ1n) is 6.84. The predicted octanol–water partition coefficient (Wildman–Crippen LogP) is 1.73. The second-order valence-electron chi connectivity index (χ2n) is 5.50. The van der Waals surface area contributed by atoms with Crippen LogP contribution in [0.1, 0.15) is 24.0 Å². The summed E-state index contributed by atoms with van der Waals surface area (Å²) in [7, 11) is 1.84. The lowest BCUT2D eigenvalue weighted by molar-refractivity contribution is -0.118. The van der Waals surface area contributed by atoms with E-state index in [1.165, 1.54) is 0 Å². The number of urea groups is 1. The zero-order chi connectivity index (χ0) is 14.7. The molecule has 20 heavy (non-hydrogen) atoms. The minimum Gasteiger partial charge on any atom is -0.365 e.